The van der Waals surface area contributed by atoms with Gasteiger partial charge < -0.3 is 16.0 Å². The largest absolute Gasteiger partial charge is 0.321 e. The number of rotatable bonds is 12. The SMILES string of the molecule is O=C(Nc1ccc(SC(C(=O)Nc2nc(-c3cccc([N+](=O)[O-])c3)cs2)c2ccccc2)cc1)/C(=C/c1ccsc1)NC(=O)c1ccccc1. The van der Waals surface area contributed by atoms with E-state index in [4.69, 9.17) is 0 Å². The van der Waals surface area contributed by atoms with Crippen molar-refractivity contribution < 1.29 is 19.3 Å². The summed E-state index contributed by atoms with van der Waals surface area (Å²) >= 11 is 4.03. The van der Waals surface area contributed by atoms with E-state index < -0.39 is 22.0 Å². The molecule has 13 heteroatoms. The van der Waals surface area contributed by atoms with Gasteiger partial charge in [-0.05, 0) is 70.4 Å². The lowest BCUT2D eigenvalue weighted by Gasteiger charge is -2.17. The third kappa shape index (κ3) is 8.76. The molecule has 3 amide bonds. The van der Waals surface area contributed by atoms with Gasteiger partial charge >= 0.3 is 0 Å². The number of benzene rings is 4. The average Bonchev–Trinajstić information content (AvgIpc) is 3.84. The number of nitro groups is 1. The second kappa shape index (κ2) is 16.0. The number of thioether (sulfide) groups is 1. The van der Waals surface area contributed by atoms with Crippen LogP contribution in [0.4, 0.5) is 16.5 Å². The van der Waals surface area contributed by atoms with Crippen LogP contribution in [-0.2, 0) is 9.59 Å². The highest BCUT2D eigenvalue weighted by Gasteiger charge is 2.24. The molecular formula is C37H27N5O5S3. The standard InChI is InChI=1S/C37H27N5O5S3/c43-34(26-10-5-2-6-11-26)39-31(20-24-18-19-48-22-24)35(44)38-28-14-16-30(17-15-28)50-33(25-8-3-1-4-9-25)36(45)41-37-40-32(23-49-37)27-12-7-13-29(21-27)42(46)47/h1-23,33H,(H,38,44)(H,39,43)(H,40,41,45)/b31-20-. The molecule has 4 aromatic carbocycles. The van der Waals surface area contributed by atoms with Crippen LogP contribution in [0.25, 0.3) is 17.3 Å². The molecule has 0 spiro atoms. The fraction of sp³-hybridized carbons (Fsp3) is 0.0270. The Morgan fingerprint density at radius 3 is 2.28 bits per heavy atom. The summed E-state index contributed by atoms with van der Waals surface area (Å²) < 4.78 is 0. The fourth-order valence-corrected chi connectivity index (χ4v) is 7.10. The Hall–Kier alpha value is -5.89. The molecule has 1 atom stereocenters. The minimum Gasteiger partial charge on any atom is -0.321 e. The van der Waals surface area contributed by atoms with E-state index in [-0.39, 0.29) is 17.3 Å². The highest BCUT2D eigenvalue weighted by Crippen LogP contribution is 2.37. The van der Waals surface area contributed by atoms with Crippen LogP contribution in [0.5, 0.6) is 0 Å². The minimum atomic E-state index is -0.643. The topological polar surface area (TPSA) is 143 Å². The number of carbonyl (C=O) groups is 3. The lowest BCUT2D eigenvalue weighted by atomic mass is 10.1. The zero-order chi connectivity index (χ0) is 34.9. The number of carbonyl (C=O) groups excluding carboxylic acids is 3. The molecule has 0 saturated carbocycles. The Morgan fingerprint density at radius 1 is 0.840 bits per heavy atom. The van der Waals surface area contributed by atoms with Gasteiger partial charge in [-0.2, -0.15) is 11.3 Å². The molecule has 248 valence electrons. The maximum Gasteiger partial charge on any atom is 0.272 e. The Kier molecular flexibility index (Phi) is 10.9. The molecule has 2 heterocycles. The second-order valence-corrected chi connectivity index (χ2v) is 13.5. The number of nitro benzene ring substituents is 1. The summed E-state index contributed by atoms with van der Waals surface area (Å²) in [4.78, 5) is 55.9. The number of thiazole rings is 1. The first-order valence-corrected chi connectivity index (χ1v) is 17.8. The summed E-state index contributed by atoms with van der Waals surface area (Å²) in [6.45, 7) is 0. The van der Waals surface area contributed by atoms with E-state index in [1.54, 1.807) is 72.1 Å². The number of aromatic nitrogens is 1. The molecule has 6 rings (SSSR count). The summed E-state index contributed by atoms with van der Waals surface area (Å²) in [7, 11) is 0. The van der Waals surface area contributed by atoms with Crippen LogP contribution >= 0.6 is 34.4 Å². The first-order chi connectivity index (χ1) is 24.3. The van der Waals surface area contributed by atoms with Gasteiger partial charge in [-0.1, -0.05) is 60.7 Å². The van der Waals surface area contributed by atoms with Crippen LogP contribution in [0, 0.1) is 10.1 Å². The molecule has 3 N–H and O–H groups in total. The molecule has 50 heavy (non-hydrogen) atoms. The first kappa shape index (κ1) is 34.0. The maximum absolute atomic E-state index is 13.7. The van der Waals surface area contributed by atoms with Crippen LogP contribution in [-0.4, -0.2) is 27.6 Å². The molecule has 0 saturated heterocycles. The molecule has 0 bridgehead atoms. The van der Waals surface area contributed by atoms with Gasteiger partial charge in [-0.25, -0.2) is 4.98 Å². The van der Waals surface area contributed by atoms with Crippen LogP contribution < -0.4 is 16.0 Å². The molecule has 0 radical (unpaired) electrons. The Bertz CT molecular complexity index is 2150. The first-order valence-electron chi connectivity index (χ1n) is 15.1. The van der Waals surface area contributed by atoms with Crippen LogP contribution in [0.1, 0.15) is 26.7 Å². The van der Waals surface area contributed by atoms with E-state index >= 15 is 0 Å². The number of nitrogens with one attached hydrogen (secondary N) is 3. The van der Waals surface area contributed by atoms with Crippen LogP contribution in [0.15, 0.2) is 142 Å². The molecule has 0 fully saturated rings. The Labute approximate surface area is 299 Å². The molecule has 0 aliphatic carbocycles. The van der Waals surface area contributed by atoms with Crippen LogP contribution in [0.2, 0.25) is 0 Å². The summed E-state index contributed by atoms with van der Waals surface area (Å²) in [5.74, 6) is -1.19. The summed E-state index contributed by atoms with van der Waals surface area (Å²) in [6, 6.07) is 33.1. The fourth-order valence-electron chi connectivity index (χ4n) is 4.73. The van der Waals surface area contributed by atoms with E-state index in [2.05, 4.69) is 20.9 Å². The lowest BCUT2D eigenvalue weighted by molar-refractivity contribution is -0.384. The van der Waals surface area contributed by atoms with E-state index in [9.17, 15) is 24.5 Å². The molecule has 0 aliphatic heterocycles. The van der Waals surface area contributed by atoms with Gasteiger partial charge in [0.05, 0.1) is 10.6 Å². The minimum absolute atomic E-state index is 0.0442. The van der Waals surface area contributed by atoms with Crippen molar-refractivity contribution in [2.75, 3.05) is 10.6 Å². The normalized spacial score (nSPS) is 11.7. The third-order valence-corrected chi connectivity index (χ3v) is 9.90. The van der Waals surface area contributed by atoms with Crippen molar-refractivity contribution in [3.8, 4) is 11.3 Å². The third-order valence-electron chi connectivity index (χ3n) is 7.18. The average molecular weight is 718 g/mol. The zero-order valence-electron chi connectivity index (χ0n) is 26.0. The maximum atomic E-state index is 13.7. The van der Waals surface area contributed by atoms with Crippen molar-refractivity contribution in [2.24, 2.45) is 0 Å². The Balaban J connectivity index is 1.15. The van der Waals surface area contributed by atoms with Gasteiger partial charge in [0.15, 0.2) is 5.13 Å². The molecular weight excluding hydrogens is 691 g/mol. The number of hydrogen-bond donors (Lipinski definition) is 3. The summed E-state index contributed by atoms with van der Waals surface area (Å²) in [5, 5.41) is 24.9. The quantitative estimate of drug-likeness (QED) is 0.0498. The predicted octanol–water partition coefficient (Wildman–Crippen LogP) is 8.66. The number of anilines is 2. The molecule has 0 aliphatic rings. The smallest absolute Gasteiger partial charge is 0.272 e. The lowest BCUT2D eigenvalue weighted by Crippen LogP contribution is -2.30. The molecule has 2 aromatic heterocycles. The van der Waals surface area contributed by atoms with Crippen molar-refractivity contribution >= 4 is 74.7 Å². The number of amides is 3. The van der Waals surface area contributed by atoms with Crippen molar-refractivity contribution in [3.63, 3.8) is 0 Å². The number of nitrogens with zero attached hydrogens (tertiary/aromatic N) is 2. The number of hydrogen-bond acceptors (Lipinski definition) is 9. The number of thiophene rings is 1. The summed E-state index contributed by atoms with van der Waals surface area (Å²) in [6.07, 6.45) is 1.62. The van der Waals surface area contributed by atoms with Crippen molar-refractivity contribution in [3.05, 3.63) is 164 Å². The highest BCUT2D eigenvalue weighted by molar-refractivity contribution is 8.00. The second-order valence-electron chi connectivity index (χ2n) is 10.7. The van der Waals surface area contributed by atoms with Gasteiger partial charge in [0.2, 0.25) is 5.91 Å². The van der Waals surface area contributed by atoms with E-state index in [1.165, 1.54) is 46.6 Å². The van der Waals surface area contributed by atoms with Crippen molar-refractivity contribution in [1.29, 1.82) is 0 Å². The molecule has 10 nitrogen and oxygen atoms in total. The highest BCUT2D eigenvalue weighted by atomic mass is 32.2. The van der Waals surface area contributed by atoms with E-state index in [0.29, 0.717) is 27.6 Å². The van der Waals surface area contributed by atoms with Gasteiger partial charge in [-0.15, -0.1) is 23.1 Å². The van der Waals surface area contributed by atoms with E-state index in [1.807, 2.05) is 53.2 Å². The van der Waals surface area contributed by atoms with Gasteiger partial charge in [0.25, 0.3) is 17.5 Å². The van der Waals surface area contributed by atoms with E-state index in [0.717, 1.165) is 16.0 Å². The Morgan fingerprint density at radius 2 is 1.58 bits per heavy atom. The van der Waals surface area contributed by atoms with Gasteiger partial charge in [0, 0.05) is 39.2 Å². The molecule has 6 aromatic rings. The predicted molar refractivity (Wildman–Crippen MR) is 199 cm³/mol. The zero-order valence-corrected chi connectivity index (χ0v) is 28.5. The molecule has 1 unspecified atom stereocenters. The number of non-ortho nitro benzene ring substituents is 1. The van der Waals surface area contributed by atoms with Crippen molar-refractivity contribution in [2.45, 2.75) is 10.1 Å². The monoisotopic (exact) mass is 717 g/mol. The van der Waals surface area contributed by atoms with Gasteiger partial charge in [0.1, 0.15) is 10.9 Å². The summed E-state index contributed by atoms with van der Waals surface area (Å²) in [5.41, 5.74) is 3.62. The van der Waals surface area contributed by atoms with Gasteiger partial charge in [-0.3, -0.25) is 24.5 Å². The van der Waals surface area contributed by atoms with Crippen molar-refractivity contribution in [1.82, 2.24) is 10.3 Å². The van der Waals surface area contributed by atoms with Crippen LogP contribution in [0.3, 0.4) is 0 Å².